The second kappa shape index (κ2) is 6.30. The van der Waals surface area contributed by atoms with E-state index in [1.165, 1.54) is 45.2 Å². The molecule has 4 heteroatoms. The second-order valence-corrected chi connectivity index (χ2v) is 7.34. The van der Waals surface area contributed by atoms with Gasteiger partial charge in [-0.2, -0.15) is 0 Å². The zero-order valence-corrected chi connectivity index (χ0v) is 11.9. The maximum Gasteiger partial charge on any atom is 0.0362 e. The molecule has 1 N–H and O–H groups in total. The van der Waals surface area contributed by atoms with Gasteiger partial charge < -0.3 is 10.2 Å². The summed E-state index contributed by atoms with van der Waals surface area (Å²) in [6.07, 6.45) is 6.66. The molecule has 1 heterocycles. The van der Waals surface area contributed by atoms with E-state index < -0.39 is 10.8 Å². The van der Waals surface area contributed by atoms with Crippen LogP contribution in [0.25, 0.3) is 0 Å². The lowest BCUT2D eigenvalue weighted by Crippen LogP contribution is -2.49. The predicted molar refractivity (Wildman–Crippen MR) is 73.8 cm³/mol. The first kappa shape index (κ1) is 13.5. The van der Waals surface area contributed by atoms with E-state index in [0.29, 0.717) is 5.54 Å². The van der Waals surface area contributed by atoms with Crippen LogP contribution in [0.4, 0.5) is 0 Å². The van der Waals surface area contributed by atoms with Crippen LogP contribution in [0.2, 0.25) is 0 Å². The van der Waals surface area contributed by atoms with Crippen molar-refractivity contribution in [3.63, 3.8) is 0 Å². The minimum atomic E-state index is -0.609. The van der Waals surface area contributed by atoms with Crippen LogP contribution in [-0.4, -0.2) is 52.3 Å². The number of nitrogens with one attached hydrogen (secondary N) is 1. The van der Waals surface area contributed by atoms with E-state index in [1.54, 1.807) is 0 Å². The molecule has 1 saturated heterocycles. The van der Waals surface area contributed by atoms with Crippen LogP contribution >= 0.6 is 0 Å². The van der Waals surface area contributed by atoms with Crippen molar-refractivity contribution in [1.82, 2.24) is 10.2 Å². The van der Waals surface area contributed by atoms with Crippen molar-refractivity contribution in [2.75, 3.05) is 37.7 Å². The molecule has 2 rings (SSSR count). The summed E-state index contributed by atoms with van der Waals surface area (Å²) >= 11 is 0. The van der Waals surface area contributed by atoms with Gasteiger partial charge in [-0.05, 0) is 32.4 Å². The van der Waals surface area contributed by atoms with Gasteiger partial charge in [0.05, 0.1) is 0 Å². The molecule has 17 heavy (non-hydrogen) atoms. The molecule has 0 amide bonds. The van der Waals surface area contributed by atoms with Crippen molar-refractivity contribution >= 4 is 10.8 Å². The SMILES string of the molecule is CCS(=O)CCN1CCCNC2(CCCC2)C1. The highest BCUT2D eigenvalue weighted by atomic mass is 32.2. The number of hydrogen-bond donors (Lipinski definition) is 1. The molecule has 1 spiro atoms. The lowest BCUT2D eigenvalue weighted by Gasteiger charge is -2.33. The molecule has 1 aliphatic heterocycles. The third-order valence-electron chi connectivity index (χ3n) is 4.20. The Bertz CT molecular complexity index is 264. The van der Waals surface area contributed by atoms with E-state index in [9.17, 15) is 4.21 Å². The molecule has 0 bridgehead atoms. The number of nitrogens with zero attached hydrogens (tertiary/aromatic N) is 1. The van der Waals surface area contributed by atoms with Gasteiger partial charge >= 0.3 is 0 Å². The molecule has 1 atom stereocenters. The first-order chi connectivity index (χ1) is 8.24. The van der Waals surface area contributed by atoms with Gasteiger partial charge in [-0.1, -0.05) is 19.8 Å². The molecule has 1 aliphatic carbocycles. The molecule has 0 radical (unpaired) electrons. The van der Waals surface area contributed by atoms with E-state index in [4.69, 9.17) is 0 Å². The van der Waals surface area contributed by atoms with Gasteiger partial charge in [0.15, 0.2) is 0 Å². The molecule has 0 aromatic rings. The van der Waals surface area contributed by atoms with E-state index >= 15 is 0 Å². The summed E-state index contributed by atoms with van der Waals surface area (Å²) in [7, 11) is -0.609. The lowest BCUT2D eigenvalue weighted by atomic mass is 9.97. The highest BCUT2D eigenvalue weighted by molar-refractivity contribution is 7.84. The molecule has 2 aliphatic rings. The van der Waals surface area contributed by atoms with Gasteiger partial charge in [0.25, 0.3) is 0 Å². The zero-order valence-electron chi connectivity index (χ0n) is 11.0. The highest BCUT2D eigenvalue weighted by Gasteiger charge is 2.36. The first-order valence-corrected chi connectivity index (χ1v) is 8.55. The van der Waals surface area contributed by atoms with Gasteiger partial charge in [-0.3, -0.25) is 4.21 Å². The molecule has 1 unspecified atom stereocenters. The Hall–Kier alpha value is 0.0700. The maximum atomic E-state index is 11.5. The summed E-state index contributed by atoms with van der Waals surface area (Å²) in [6, 6.07) is 0. The second-order valence-electron chi connectivity index (χ2n) is 5.48. The fraction of sp³-hybridized carbons (Fsp3) is 1.00. The Morgan fingerprint density at radius 2 is 2.06 bits per heavy atom. The van der Waals surface area contributed by atoms with Crippen LogP contribution in [-0.2, 0) is 10.8 Å². The number of hydrogen-bond acceptors (Lipinski definition) is 3. The van der Waals surface area contributed by atoms with Crippen LogP contribution < -0.4 is 5.32 Å². The summed E-state index contributed by atoms with van der Waals surface area (Å²) < 4.78 is 11.5. The molecule has 0 aromatic carbocycles. The number of rotatable bonds is 4. The standard InChI is InChI=1S/C13H26N2OS/c1-2-17(16)11-10-15-9-5-8-14-13(12-15)6-3-4-7-13/h14H,2-12H2,1H3. The summed E-state index contributed by atoms with van der Waals surface area (Å²) in [4.78, 5) is 2.54. The Morgan fingerprint density at radius 1 is 1.29 bits per heavy atom. The van der Waals surface area contributed by atoms with Gasteiger partial charge in [-0.25, -0.2) is 0 Å². The van der Waals surface area contributed by atoms with Crippen molar-refractivity contribution in [2.45, 2.75) is 44.6 Å². The fourth-order valence-electron chi connectivity index (χ4n) is 3.17. The highest BCUT2D eigenvalue weighted by Crippen LogP contribution is 2.31. The zero-order chi connectivity index (χ0) is 12.1. The Morgan fingerprint density at radius 3 is 2.76 bits per heavy atom. The Balaban J connectivity index is 1.86. The summed E-state index contributed by atoms with van der Waals surface area (Å²) in [6.45, 7) is 6.54. The van der Waals surface area contributed by atoms with Crippen molar-refractivity contribution in [3.8, 4) is 0 Å². The normalized spacial score (nSPS) is 27.1. The smallest absolute Gasteiger partial charge is 0.0362 e. The van der Waals surface area contributed by atoms with Gasteiger partial charge in [-0.15, -0.1) is 0 Å². The van der Waals surface area contributed by atoms with Crippen molar-refractivity contribution in [1.29, 1.82) is 0 Å². The predicted octanol–water partition coefficient (Wildman–Crippen LogP) is 1.36. The largest absolute Gasteiger partial charge is 0.310 e. The fourth-order valence-corrected chi connectivity index (χ4v) is 3.92. The molecule has 1 saturated carbocycles. The van der Waals surface area contributed by atoms with Crippen molar-refractivity contribution in [3.05, 3.63) is 0 Å². The molecular weight excluding hydrogens is 232 g/mol. The third-order valence-corrected chi connectivity index (χ3v) is 5.48. The van der Waals surface area contributed by atoms with Crippen molar-refractivity contribution < 1.29 is 4.21 Å². The topological polar surface area (TPSA) is 32.3 Å². The summed E-state index contributed by atoms with van der Waals surface area (Å²) in [5.41, 5.74) is 0.393. The van der Waals surface area contributed by atoms with Crippen LogP contribution in [0, 0.1) is 0 Å². The lowest BCUT2D eigenvalue weighted by molar-refractivity contribution is 0.219. The van der Waals surface area contributed by atoms with Crippen LogP contribution in [0.1, 0.15) is 39.0 Å². The van der Waals surface area contributed by atoms with E-state index in [2.05, 4.69) is 10.2 Å². The molecule has 0 aromatic heterocycles. The Labute approximate surface area is 108 Å². The molecular formula is C13H26N2OS. The van der Waals surface area contributed by atoms with Crippen LogP contribution in [0.5, 0.6) is 0 Å². The monoisotopic (exact) mass is 258 g/mol. The maximum absolute atomic E-state index is 11.5. The molecule has 2 fully saturated rings. The van der Waals surface area contributed by atoms with Crippen LogP contribution in [0.3, 0.4) is 0 Å². The van der Waals surface area contributed by atoms with E-state index in [-0.39, 0.29) is 0 Å². The summed E-state index contributed by atoms with van der Waals surface area (Å²) in [5.74, 6) is 1.66. The van der Waals surface area contributed by atoms with Crippen LogP contribution in [0.15, 0.2) is 0 Å². The van der Waals surface area contributed by atoms with E-state index in [1.807, 2.05) is 6.92 Å². The average Bonchev–Trinajstić information content (AvgIpc) is 2.68. The van der Waals surface area contributed by atoms with E-state index in [0.717, 1.165) is 24.6 Å². The Kier molecular flexibility index (Phi) is 5.00. The average molecular weight is 258 g/mol. The quantitative estimate of drug-likeness (QED) is 0.826. The minimum absolute atomic E-state index is 0.393. The van der Waals surface area contributed by atoms with Gasteiger partial charge in [0, 0.05) is 40.9 Å². The molecule has 100 valence electrons. The molecule has 3 nitrogen and oxygen atoms in total. The summed E-state index contributed by atoms with van der Waals surface area (Å²) in [5, 5.41) is 3.77. The van der Waals surface area contributed by atoms with Gasteiger partial charge in [0.2, 0.25) is 0 Å². The van der Waals surface area contributed by atoms with Crippen molar-refractivity contribution in [2.24, 2.45) is 0 Å². The minimum Gasteiger partial charge on any atom is -0.310 e. The first-order valence-electron chi connectivity index (χ1n) is 7.06. The third kappa shape index (κ3) is 3.76. The van der Waals surface area contributed by atoms with Gasteiger partial charge in [0.1, 0.15) is 0 Å².